The molecular weight excluding hydrogens is 314 g/mol. The van der Waals surface area contributed by atoms with Crippen molar-refractivity contribution in [3.8, 4) is 0 Å². The molecule has 1 nitrogen and oxygen atoms in total. The Labute approximate surface area is 162 Å². The van der Waals surface area contributed by atoms with Gasteiger partial charge in [0.1, 0.15) is 0 Å². The second-order valence-electron chi connectivity index (χ2n) is 11.2. The molecule has 0 aromatic rings. The van der Waals surface area contributed by atoms with Gasteiger partial charge in [0.25, 0.3) is 0 Å². The molecule has 8 atom stereocenters. The molecule has 4 rings (SSSR count). The number of nitrogens with zero attached hydrogens (tertiary/aromatic N) is 1. The van der Waals surface area contributed by atoms with E-state index in [-0.39, 0.29) is 0 Å². The summed E-state index contributed by atoms with van der Waals surface area (Å²) in [6.07, 6.45) is 14.1. The molecule has 0 aliphatic heterocycles. The number of hydrogen-bond donors (Lipinski definition) is 0. The quantitative estimate of drug-likeness (QED) is 0.475. The molecule has 0 heterocycles. The lowest BCUT2D eigenvalue weighted by Gasteiger charge is -2.62. The van der Waals surface area contributed by atoms with E-state index in [0.29, 0.717) is 10.8 Å². The van der Waals surface area contributed by atoms with Crippen LogP contribution in [0.3, 0.4) is 0 Å². The molecule has 148 valence electrons. The smallest absolute Gasteiger partial charge is 0.0388 e. The van der Waals surface area contributed by atoms with E-state index in [1.807, 2.05) is 0 Å². The molecule has 4 aliphatic rings. The first kappa shape index (κ1) is 19.0. The molecule has 0 spiro atoms. The fraction of sp³-hybridized carbons (Fsp3) is 0.960. The highest BCUT2D eigenvalue weighted by Gasteiger charge is 2.60. The Morgan fingerprint density at radius 2 is 1.73 bits per heavy atom. The van der Waals surface area contributed by atoms with Crippen molar-refractivity contribution in [3.63, 3.8) is 0 Å². The molecule has 8 unspecified atom stereocenters. The predicted octanol–water partition coefficient (Wildman–Crippen LogP) is 7.15. The summed E-state index contributed by atoms with van der Waals surface area (Å²) in [6, 6.07) is 0. The van der Waals surface area contributed by atoms with Crippen LogP contribution in [-0.4, -0.2) is 12.3 Å². The van der Waals surface area contributed by atoms with Crippen LogP contribution in [0.2, 0.25) is 0 Å². The van der Waals surface area contributed by atoms with Crippen molar-refractivity contribution in [3.05, 3.63) is 0 Å². The van der Waals surface area contributed by atoms with Crippen LogP contribution in [-0.2, 0) is 0 Å². The van der Waals surface area contributed by atoms with Gasteiger partial charge in [-0.05, 0) is 104 Å². The summed E-state index contributed by atoms with van der Waals surface area (Å²) in [5, 5.41) is 0. The van der Waals surface area contributed by atoms with Crippen molar-refractivity contribution in [2.45, 2.75) is 98.8 Å². The second-order valence-corrected chi connectivity index (χ2v) is 11.2. The first-order valence-electron chi connectivity index (χ1n) is 11.9. The molecule has 0 amide bonds. The highest BCUT2D eigenvalue weighted by Crippen LogP contribution is 2.68. The minimum Gasteiger partial charge on any atom is -0.294 e. The summed E-state index contributed by atoms with van der Waals surface area (Å²) in [6.45, 7) is 13.9. The molecule has 4 aliphatic carbocycles. The molecule has 0 bridgehead atoms. The Morgan fingerprint density at radius 1 is 0.962 bits per heavy atom. The lowest BCUT2D eigenvalue weighted by atomic mass is 9.43. The van der Waals surface area contributed by atoms with E-state index in [4.69, 9.17) is 4.99 Å². The monoisotopic (exact) mass is 357 g/mol. The minimum atomic E-state index is 0.596. The maximum atomic E-state index is 5.02. The fourth-order valence-corrected chi connectivity index (χ4v) is 8.33. The van der Waals surface area contributed by atoms with E-state index in [2.05, 4.69) is 34.6 Å². The molecule has 26 heavy (non-hydrogen) atoms. The number of fused-ring (bicyclic) bond motifs is 5. The van der Waals surface area contributed by atoms with Gasteiger partial charge < -0.3 is 0 Å². The van der Waals surface area contributed by atoms with Gasteiger partial charge in [-0.25, -0.2) is 0 Å². The van der Waals surface area contributed by atoms with Crippen LogP contribution in [0.5, 0.6) is 0 Å². The Hall–Kier alpha value is -0.330. The lowest BCUT2D eigenvalue weighted by Crippen LogP contribution is -2.55. The van der Waals surface area contributed by atoms with Crippen LogP contribution in [0.4, 0.5) is 0 Å². The van der Waals surface area contributed by atoms with Gasteiger partial charge >= 0.3 is 0 Å². The fourth-order valence-electron chi connectivity index (χ4n) is 8.33. The van der Waals surface area contributed by atoms with E-state index in [1.54, 1.807) is 5.71 Å². The normalized spacial score (nSPS) is 52.4. The zero-order valence-electron chi connectivity index (χ0n) is 18.2. The van der Waals surface area contributed by atoms with Crippen LogP contribution in [0.1, 0.15) is 98.8 Å². The molecule has 0 aromatic carbocycles. The first-order chi connectivity index (χ1) is 12.4. The minimum absolute atomic E-state index is 0.596. The van der Waals surface area contributed by atoms with Crippen LogP contribution >= 0.6 is 0 Å². The zero-order valence-corrected chi connectivity index (χ0v) is 18.2. The van der Waals surface area contributed by atoms with Gasteiger partial charge in [-0.3, -0.25) is 4.99 Å². The van der Waals surface area contributed by atoms with E-state index < -0.39 is 0 Å². The Morgan fingerprint density at radius 3 is 2.50 bits per heavy atom. The molecule has 4 saturated carbocycles. The van der Waals surface area contributed by atoms with Gasteiger partial charge in [0.05, 0.1) is 0 Å². The highest BCUT2D eigenvalue weighted by molar-refractivity contribution is 5.85. The lowest BCUT2D eigenvalue weighted by molar-refractivity contribution is -0.120. The maximum absolute atomic E-state index is 5.02. The average molecular weight is 358 g/mol. The molecular formula is C25H43N. The molecule has 0 saturated heterocycles. The SMILES string of the molecule is CCCCN=C1CCC2(C)C(C1)C(C)CC1C3CCC(C)C3(C)CCC12. The standard InChI is InChI=1S/C25H43N/c1-6-7-14-26-19-10-12-25(5)22-11-13-24(4)18(3)8-9-21(24)20(22)15-17(2)23(25)16-19/h17-18,20-23H,6-16H2,1-5H3. The van der Waals surface area contributed by atoms with E-state index >= 15 is 0 Å². The third-order valence-corrected chi connectivity index (χ3v) is 10.2. The van der Waals surface area contributed by atoms with Gasteiger partial charge in [0.15, 0.2) is 0 Å². The van der Waals surface area contributed by atoms with Crippen molar-refractivity contribution in [2.24, 2.45) is 51.3 Å². The summed E-state index contributed by atoms with van der Waals surface area (Å²) < 4.78 is 0. The first-order valence-corrected chi connectivity index (χ1v) is 11.9. The van der Waals surface area contributed by atoms with Crippen molar-refractivity contribution < 1.29 is 0 Å². The number of hydrogen-bond acceptors (Lipinski definition) is 1. The van der Waals surface area contributed by atoms with E-state index in [1.165, 1.54) is 64.2 Å². The van der Waals surface area contributed by atoms with Crippen molar-refractivity contribution in [1.82, 2.24) is 0 Å². The third kappa shape index (κ3) is 2.82. The Kier molecular flexibility index (Phi) is 5.06. The predicted molar refractivity (Wildman–Crippen MR) is 113 cm³/mol. The van der Waals surface area contributed by atoms with Gasteiger partial charge in [0.2, 0.25) is 0 Å². The van der Waals surface area contributed by atoms with Crippen molar-refractivity contribution >= 4 is 5.71 Å². The number of unbranched alkanes of at least 4 members (excludes halogenated alkanes) is 1. The molecule has 4 fully saturated rings. The van der Waals surface area contributed by atoms with Crippen LogP contribution in [0, 0.1) is 46.3 Å². The van der Waals surface area contributed by atoms with E-state index in [9.17, 15) is 0 Å². The molecule has 0 radical (unpaired) electrons. The average Bonchev–Trinajstić information content (AvgIpc) is 2.92. The van der Waals surface area contributed by atoms with Crippen molar-refractivity contribution in [2.75, 3.05) is 6.54 Å². The number of rotatable bonds is 3. The molecule has 1 heteroatoms. The van der Waals surface area contributed by atoms with Gasteiger partial charge in [-0.15, -0.1) is 0 Å². The molecule has 0 aromatic heterocycles. The van der Waals surface area contributed by atoms with Crippen molar-refractivity contribution in [1.29, 1.82) is 0 Å². The summed E-state index contributed by atoms with van der Waals surface area (Å²) in [5.41, 5.74) is 2.83. The highest BCUT2D eigenvalue weighted by atomic mass is 14.8. The topological polar surface area (TPSA) is 12.4 Å². The number of aliphatic imine (C=N–C) groups is 1. The van der Waals surface area contributed by atoms with Crippen LogP contribution in [0.15, 0.2) is 4.99 Å². The van der Waals surface area contributed by atoms with Gasteiger partial charge in [-0.1, -0.05) is 41.0 Å². The maximum Gasteiger partial charge on any atom is 0.0388 e. The summed E-state index contributed by atoms with van der Waals surface area (Å²) in [7, 11) is 0. The Balaban J connectivity index is 1.55. The zero-order chi connectivity index (χ0) is 18.5. The summed E-state index contributed by atoms with van der Waals surface area (Å²) >= 11 is 0. The summed E-state index contributed by atoms with van der Waals surface area (Å²) in [4.78, 5) is 5.02. The van der Waals surface area contributed by atoms with Crippen LogP contribution < -0.4 is 0 Å². The second kappa shape index (κ2) is 6.93. The largest absolute Gasteiger partial charge is 0.294 e. The summed E-state index contributed by atoms with van der Waals surface area (Å²) in [5.74, 6) is 5.81. The third-order valence-electron chi connectivity index (χ3n) is 10.2. The van der Waals surface area contributed by atoms with E-state index in [0.717, 1.165) is 42.1 Å². The van der Waals surface area contributed by atoms with Gasteiger partial charge in [0, 0.05) is 12.3 Å². The Bertz CT molecular complexity index is 550. The van der Waals surface area contributed by atoms with Crippen LogP contribution in [0.25, 0.3) is 0 Å². The molecule has 0 N–H and O–H groups in total. The van der Waals surface area contributed by atoms with Gasteiger partial charge in [-0.2, -0.15) is 0 Å².